The lowest BCUT2D eigenvalue weighted by Gasteiger charge is -2.32. The van der Waals surface area contributed by atoms with Crippen molar-refractivity contribution in [1.82, 2.24) is 15.3 Å². The molecule has 2 heterocycles. The third-order valence-electron chi connectivity index (χ3n) is 7.02. The number of anilines is 1. The Hall–Kier alpha value is -3.88. The first-order valence-electron chi connectivity index (χ1n) is 12.8. The van der Waals surface area contributed by atoms with E-state index in [-0.39, 0.29) is 12.0 Å². The summed E-state index contributed by atoms with van der Waals surface area (Å²) in [6, 6.07) is 18.0. The zero-order valence-corrected chi connectivity index (χ0v) is 22.1. The third kappa shape index (κ3) is 5.66. The van der Waals surface area contributed by atoms with Crippen molar-refractivity contribution < 1.29 is 18.9 Å². The van der Waals surface area contributed by atoms with Gasteiger partial charge in [-0.2, -0.15) is 0 Å². The number of hydrogen-bond donors (Lipinski definition) is 2. The first kappa shape index (κ1) is 25.8. The van der Waals surface area contributed by atoms with Crippen molar-refractivity contribution in [3.05, 3.63) is 83.7 Å². The predicted octanol–water partition coefficient (Wildman–Crippen LogP) is 4.93. The summed E-state index contributed by atoms with van der Waals surface area (Å²) < 4.78 is 23.3. The van der Waals surface area contributed by atoms with E-state index in [0.29, 0.717) is 19.1 Å². The van der Waals surface area contributed by atoms with Crippen molar-refractivity contribution >= 4 is 16.7 Å². The van der Waals surface area contributed by atoms with Crippen LogP contribution in [0.1, 0.15) is 29.0 Å². The van der Waals surface area contributed by atoms with Gasteiger partial charge < -0.3 is 29.6 Å². The Balaban J connectivity index is 1.28. The maximum atomic E-state index is 6.50. The van der Waals surface area contributed by atoms with Crippen molar-refractivity contribution in [2.75, 3.05) is 39.7 Å². The summed E-state index contributed by atoms with van der Waals surface area (Å²) in [4.78, 5) is 9.17. The van der Waals surface area contributed by atoms with Gasteiger partial charge in [-0.3, -0.25) is 0 Å². The van der Waals surface area contributed by atoms with E-state index in [2.05, 4.69) is 20.6 Å². The van der Waals surface area contributed by atoms with E-state index in [1.165, 1.54) is 0 Å². The highest BCUT2D eigenvalue weighted by atomic mass is 16.5. The molecular weight excluding hydrogens is 480 g/mol. The smallest absolute Gasteiger partial charge is 0.222 e. The lowest BCUT2D eigenvalue weighted by molar-refractivity contribution is 0.00970. The van der Waals surface area contributed by atoms with Gasteiger partial charge >= 0.3 is 0 Å². The fourth-order valence-electron chi connectivity index (χ4n) is 5.06. The van der Waals surface area contributed by atoms with Crippen LogP contribution in [0.3, 0.4) is 0 Å². The van der Waals surface area contributed by atoms with Crippen LogP contribution in [0.4, 0.5) is 5.95 Å². The molecule has 8 nitrogen and oxygen atoms in total. The second kappa shape index (κ2) is 12.1. The number of nitrogens with zero attached hydrogens (tertiary/aromatic N) is 2. The first-order chi connectivity index (χ1) is 18.7. The predicted molar refractivity (Wildman–Crippen MR) is 148 cm³/mol. The van der Waals surface area contributed by atoms with Crippen LogP contribution >= 0.6 is 0 Å². The van der Waals surface area contributed by atoms with Crippen LogP contribution in [0.15, 0.2) is 67.0 Å². The number of piperidine rings is 1. The number of aromatic nitrogens is 2. The lowest BCUT2D eigenvalue weighted by Crippen LogP contribution is -2.41. The average Bonchev–Trinajstić information content (AvgIpc) is 2.99. The van der Waals surface area contributed by atoms with E-state index in [9.17, 15) is 0 Å². The highest BCUT2D eigenvalue weighted by Gasteiger charge is 2.28. The van der Waals surface area contributed by atoms with E-state index in [0.717, 1.165) is 64.2 Å². The molecular formula is C30H34N4O4. The molecule has 0 radical (unpaired) electrons. The molecule has 0 aliphatic carbocycles. The molecule has 0 bridgehead atoms. The van der Waals surface area contributed by atoms with Crippen molar-refractivity contribution in [3.8, 4) is 17.2 Å². The molecule has 1 aromatic heterocycles. The highest BCUT2D eigenvalue weighted by Crippen LogP contribution is 2.38. The summed E-state index contributed by atoms with van der Waals surface area (Å²) in [6.07, 6.45) is 4.74. The molecule has 3 aromatic carbocycles. The Bertz CT molecular complexity index is 1360. The van der Waals surface area contributed by atoms with E-state index < -0.39 is 0 Å². The van der Waals surface area contributed by atoms with Crippen LogP contribution in [0, 0.1) is 0 Å². The number of fused-ring (bicyclic) bond motifs is 1. The SMILES string of the molecule is COc1cccc(CNc2ncc(C3CCNCC3OCc3cc(OC)c4ccccc4c3OC)cn2)c1. The fourth-order valence-corrected chi connectivity index (χ4v) is 5.06. The molecule has 5 rings (SSSR count). The normalized spacial score (nSPS) is 17.2. The number of methoxy groups -OCH3 is 3. The van der Waals surface area contributed by atoms with Gasteiger partial charge in [0.15, 0.2) is 0 Å². The van der Waals surface area contributed by atoms with E-state index in [4.69, 9.17) is 18.9 Å². The highest BCUT2D eigenvalue weighted by molar-refractivity contribution is 5.94. The minimum Gasteiger partial charge on any atom is -0.497 e. The number of nitrogens with one attached hydrogen (secondary N) is 2. The van der Waals surface area contributed by atoms with Gasteiger partial charge in [-0.1, -0.05) is 36.4 Å². The quantitative estimate of drug-likeness (QED) is 0.308. The fraction of sp³-hybridized carbons (Fsp3) is 0.333. The van der Waals surface area contributed by atoms with Crippen LogP contribution in [0.2, 0.25) is 0 Å². The minimum absolute atomic E-state index is 0.0230. The molecule has 1 aliphatic rings. The van der Waals surface area contributed by atoms with Crippen molar-refractivity contribution in [1.29, 1.82) is 0 Å². The zero-order valence-electron chi connectivity index (χ0n) is 22.1. The van der Waals surface area contributed by atoms with Crippen molar-refractivity contribution in [3.63, 3.8) is 0 Å². The van der Waals surface area contributed by atoms with Crippen molar-refractivity contribution in [2.45, 2.75) is 31.6 Å². The van der Waals surface area contributed by atoms with Crippen LogP contribution in [0.25, 0.3) is 10.8 Å². The maximum absolute atomic E-state index is 6.50. The van der Waals surface area contributed by atoms with Gasteiger partial charge in [0.2, 0.25) is 5.95 Å². The molecule has 1 fully saturated rings. The van der Waals surface area contributed by atoms with Gasteiger partial charge in [0.25, 0.3) is 0 Å². The molecule has 8 heteroatoms. The average molecular weight is 515 g/mol. The van der Waals surface area contributed by atoms with Gasteiger partial charge in [0.05, 0.1) is 34.0 Å². The molecule has 4 aromatic rings. The van der Waals surface area contributed by atoms with Crippen LogP contribution < -0.4 is 24.8 Å². The topological polar surface area (TPSA) is 86.8 Å². The van der Waals surface area contributed by atoms with Gasteiger partial charge in [0.1, 0.15) is 17.2 Å². The molecule has 0 amide bonds. The lowest BCUT2D eigenvalue weighted by atomic mass is 9.89. The van der Waals surface area contributed by atoms with E-state index in [1.807, 2.05) is 67.0 Å². The van der Waals surface area contributed by atoms with Crippen LogP contribution in [-0.2, 0) is 17.9 Å². The molecule has 1 saturated heterocycles. The molecule has 0 saturated carbocycles. The van der Waals surface area contributed by atoms with Gasteiger partial charge in [-0.05, 0) is 42.3 Å². The Morgan fingerprint density at radius 2 is 1.74 bits per heavy atom. The second-order valence-electron chi connectivity index (χ2n) is 9.31. The minimum atomic E-state index is -0.0230. The molecule has 38 heavy (non-hydrogen) atoms. The molecule has 0 spiro atoms. The van der Waals surface area contributed by atoms with Crippen LogP contribution in [0.5, 0.6) is 17.2 Å². The summed E-state index contributed by atoms with van der Waals surface area (Å²) >= 11 is 0. The summed E-state index contributed by atoms with van der Waals surface area (Å²) in [6.45, 7) is 2.71. The number of hydrogen-bond acceptors (Lipinski definition) is 8. The summed E-state index contributed by atoms with van der Waals surface area (Å²) in [5, 5.41) is 8.79. The Kier molecular flexibility index (Phi) is 8.21. The Morgan fingerprint density at radius 1 is 0.921 bits per heavy atom. The van der Waals surface area contributed by atoms with Gasteiger partial charge in [-0.25, -0.2) is 9.97 Å². The summed E-state index contributed by atoms with van der Waals surface area (Å²) in [7, 11) is 5.06. The Morgan fingerprint density at radius 3 is 2.50 bits per heavy atom. The number of rotatable bonds is 10. The number of benzene rings is 3. The monoisotopic (exact) mass is 514 g/mol. The molecule has 1 aliphatic heterocycles. The summed E-state index contributed by atoms with van der Waals surface area (Å²) in [5.74, 6) is 3.24. The van der Waals surface area contributed by atoms with E-state index in [1.54, 1.807) is 21.3 Å². The van der Waals surface area contributed by atoms with Gasteiger partial charge in [0, 0.05) is 47.7 Å². The second-order valence-corrected chi connectivity index (χ2v) is 9.31. The molecule has 198 valence electrons. The maximum Gasteiger partial charge on any atom is 0.222 e. The van der Waals surface area contributed by atoms with E-state index >= 15 is 0 Å². The standard InChI is InChI=1S/C30H34N4O4/c1-35-23-8-6-7-20(13-23)15-32-30-33-16-22(17-34-30)24-11-12-31-18-28(24)38-19-21-14-27(36-2)25-9-4-5-10-26(25)29(21)37-3/h4-10,13-14,16-17,24,28,31H,11-12,15,18-19H2,1-3H3,(H,32,33,34). The zero-order chi connectivity index (χ0) is 26.3. The molecule has 2 N–H and O–H groups in total. The van der Waals surface area contributed by atoms with Gasteiger partial charge in [-0.15, -0.1) is 0 Å². The molecule has 2 unspecified atom stereocenters. The first-order valence-corrected chi connectivity index (χ1v) is 12.8. The Labute approximate surface area is 223 Å². The van der Waals surface area contributed by atoms with Crippen LogP contribution in [-0.4, -0.2) is 50.5 Å². The third-order valence-corrected chi connectivity index (χ3v) is 7.02. The largest absolute Gasteiger partial charge is 0.497 e. The number of ether oxygens (including phenoxy) is 4. The van der Waals surface area contributed by atoms with Crippen molar-refractivity contribution in [2.24, 2.45) is 0 Å². The summed E-state index contributed by atoms with van der Waals surface area (Å²) in [5.41, 5.74) is 3.14. The molecule has 2 atom stereocenters.